The predicted molar refractivity (Wildman–Crippen MR) is 71.0 cm³/mol. The Hall–Kier alpha value is -1.75. The largest absolute Gasteiger partial charge is 0.307 e. The van der Waals surface area contributed by atoms with E-state index >= 15 is 0 Å². The van der Waals surface area contributed by atoms with E-state index in [1.807, 2.05) is 13.0 Å². The average Bonchev–Trinajstić information content (AvgIpc) is 2.27. The molecule has 0 aliphatic carbocycles. The minimum absolute atomic E-state index is 0.241. The number of nitrogens with one attached hydrogen (secondary N) is 1. The Morgan fingerprint density at radius 1 is 1.33 bits per heavy atom. The first kappa shape index (κ1) is 12.7. The number of aryl methyl sites for hydroxylation is 1. The molecule has 0 saturated heterocycles. The fourth-order valence-electron chi connectivity index (χ4n) is 1.48. The number of aromatic nitrogens is 1. The number of halogens is 2. The summed E-state index contributed by atoms with van der Waals surface area (Å²) in [4.78, 5) is 15.9. The van der Waals surface area contributed by atoms with Crippen LogP contribution in [0.2, 0.25) is 0 Å². The molecule has 92 valence electrons. The van der Waals surface area contributed by atoms with Gasteiger partial charge in [-0.05, 0) is 42.8 Å². The third-order valence-electron chi connectivity index (χ3n) is 2.28. The van der Waals surface area contributed by atoms with Crippen LogP contribution >= 0.6 is 15.9 Å². The molecule has 2 aromatic rings. The van der Waals surface area contributed by atoms with Crippen LogP contribution in [0.15, 0.2) is 41.0 Å². The molecule has 0 unspecified atom stereocenters. The molecule has 1 amide bonds. The van der Waals surface area contributed by atoms with Gasteiger partial charge in [0.1, 0.15) is 11.6 Å². The fraction of sp³-hybridized carbons (Fsp3) is 0.0769. The van der Waals surface area contributed by atoms with E-state index in [0.29, 0.717) is 10.3 Å². The Balaban J connectivity index is 2.22. The summed E-state index contributed by atoms with van der Waals surface area (Å²) in [6, 6.07) is 7.59. The van der Waals surface area contributed by atoms with E-state index in [1.165, 1.54) is 12.1 Å². The van der Waals surface area contributed by atoms with Crippen LogP contribution in [0, 0.1) is 12.7 Å². The minimum Gasteiger partial charge on any atom is -0.307 e. The zero-order valence-corrected chi connectivity index (χ0v) is 11.2. The summed E-state index contributed by atoms with van der Waals surface area (Å²) in [6.45, 7) is 1.90. The molecule has 1 heterocycles. The Morgan fingerprint density at radius 2 is 2.11 bits per heavy atom. The second-order valence-electron chi connectivity index (χ2n) is 3.83. The van der Waals surface area contributed by atoms with Gasteiger partial charge in [0.2, 0.25) is 0 Å². The molecule has 0 fully saturated rings. The van der Waals surface area contributed by atoms with Crippen molar-refractivity contribution in [2.75, 3.05) is 5.32 Å². The lowest BCUT2D eigenvalue weighted by atomic mass is 10.2. The van der Waals surface area contributed by atoms with Gasteiger partial charge in [-0.25, -0.2) is 9.37 Å². The number of nitrogens with zero attached hydrogens (tertiary/aromatic N) is 1. The van der Waals surface area contributed by atoms with Crippen LogP contribution in [-0.2, 0) is 0 Å². The van der Waals surface area contributed by atoms with Crippen LogP contribution in [-0.4, -0.2) is 10.9 Å². The van der Waals surface area contributed by atoms with Gasteiger partial charge in [0.25, 0.3) is 5.91 Å². The number of carbonyl (C=O) groups is 1. The van der Waals surface area contributed by atoms with Crippen LogP contribution in [0.4, 0.5) is 10.2 Å². The molecule has 0 spiro atoms. The van der Waals surface area contributed by atoms with Crippen molar-refractivity contribution in [1.29, 1.82) is 0 Å². The molecular weight excluding hydrogens is 299 g/mol. The van der Waals surface area contributed by atoms with E-state index < -0.39 is 11.7 Å². The first-order chi connectivity index (χ1) is 8.54. The lowest BCUT2D eigenvalue weighted by Crippen LogP contribution is -2.13. The lowest BCUT2D eigenvalue weighted by molar-refractivity contribution is 0.102. The molecular formula is C13H10BrFN2O. The van der Waals surface area contributed by atoms with Gasteiger partial charge in [-0.2, -0.15) is 0 Å². The third-order valence-corrected chi connectivity index (χ3v) is 2.74. The maximum atomic E-state index is 13.2. The van der Waals surface area contributed by atoms with Crippen LogP contribution in [0.3, 0.4) is 0 Å². The van der Waals surface area contributed by atoms with E-state index in [1.54, 1.807) is 18.3 Å². The molecule has 0 aliphatic heterocycles. The molecule has 0 aliphatic rings. The van der Waals surface area contributed by atoms with Gasteiger partial charge in [0.15, 0.2) is 0 Å². The maximum Gasteiger partial charge on any atom is 0.256 e. The fourth-order valence-corrected chi connectivity index (χ4v) is 1.94. The van der Waals surface area contributed by atoms with Gasteiger partial charge < -0.3 is 5.32 Å². The number of amides is 1. The average molecular weight is 309 g/mol. The maximum absolute atomic E-state index is 13.2. The highest BCUT2D eigenvalue weighted by Crippen LogP contribution is 2.16. The first-order valence-electron chi connectivity index (χ1n) is 5.25. The van der Waals surface area contributed by atoms with Gasteiger partial charge in [0, 0.05) is 16.2 Å². The normalized spacial score (nSPS) is 10.2. The second-order valence-corrected chi connectivity index (χ2v) is 4.75. The van der Waals surface area contributed by atoms with E-state index in [4.69, 9.17) is 0 Å². The predicted octanol–water partition coefficient (Wildman–Crippen LogP) is 3.54. The van der Waals surface area contributed by atoms with E-state index in [-0.39, 0.29) is 5.56 Å². The standard InChI is InChI=1S/C13H10BrFN2O/c1-8-2-3-16-12(4-8)17-13(18)9-5-10(14)7-11(15)6-9/h2-7H,1H3,(H,16,17,18). The molecule has 1 aromatic carbocycles. The number of carbonyl (C=O) groups excluding carboxylic acids is 1. The van der Waals surface area contributed by atoms with E-state index in [0.717, 1.165) is 5.56 Å². The van der Waals surface area contributed by atoms with Gasteiger partial charge in [-0.3, -0.25) is 4.79 Å². The summed E-state index contributed by atoms with van der Waals surface area (Å²) in [5.41, 5.74) is 1.23. The topological polar surface area (TPSA) is 42.0 Å². The minimum atomic E-state index is -0.466. The van der Waals surface area contributed by atoms with Crippen molar-refractivity contribution in [2.24, 2.45) is 0 Å². The van der Waals surface area contributed by atoms with Crippen molar-refractivity contribution in [2.45, 2.75) is 6.92 Å². The highest BCUT2D eigenvalue weighted by atomic mass is 79.9. The second kappa shape index (κ2) is 5.27. The monoisotopic (exact) mass is 308 g/mol. The first-order valence-corrected chi connectivity index (χ1v) is 6.04. The van der Waals surface area contributed by atoms with Crippen molar-refractivity contribution in [3.63, 3.8) is 0 Å². The number of anilines is 1. The highest BCUT2D eigenvalue weighted by Gasteiger charge is 2.09. The highest BCUT2D eigenvalue weighted by molar-refractivity contribution is 9.10. The van der Waals surface area contributed by atoms with Crippen molar-refractivity contribution in [1.82, 2.24) is 4.98 Å². The molecule has 5 heteroatoms. The Morgan fingerprint density at radius 3 is 2.78 bits per heavy atom. The summed E-state index contributed by atoms with van der Waals surface area (Å²) < 4.78 is 13.7. The zero-order valence-electron chi connectivity index (χ0n) is 9.58. The Labute approximate surface area is 112 Å². The summed E-state index contributed by atoms with van der Waals surface area (Å²) in [6.07, 6.45) is 1.60. The number of rotatable bonds is 2. The number of pyridine rings is 1. The Kier molecular flexibility index (Phi) is 3.72. The SMILES string of the molecule is Cc1ccnc(NC(=O)c2cc(F)cc(Br)c2)c1. The number of benzene rings is 1. The van der Waals surface area contributed by atoms with Crippen LogP contribution in [0.1, 0.15) is 15.9 Å². The van der Waals surface area contributed by atoms with Crippen LogP contribution in [0.25, 0.3) is 0 Å². The molecule has 3 nitrogen and oxygen atoms in total. The quantitative estimate of drug-likeness (QED) is 0.922. The van der Waals surface area contributed by atoms with Crippen molar-refractivity contribution >= 4 is 27.7 Å². The van der Waals surface area contributed by atoms with E-state index in [2.05, 4.69) is 26.2 Å². The van der Waals surface area contributed by atoms with Crippen LogP contribution in [0.5, 0.6) is 0 Å². The number of hydrogen-bond donors (Lipinski definition) is 1. The van der Waals surface area contributed by atoms with Crippen LogP contribution < -0.4 is 5.32 Å². The van der Waals surface area contributed by atoms with E-state index in [9.17, 15) is 9.18 Å². The molecule has 0 bridgehead atoms. The molecule has 2 rings (SSSR count). The molecule has 1 aromatic heterocycles. The molecule has 0 saturated carbocycles. The summed E-state index contributed by atoms with van der Waals surface area (Å²) in [5.74, 6) is -0.416. The molecule has 18 heavy (non-hydrogen) atoms. The van der Waals surface area contributed by atoms with Gasteiger partial charge >= 0.3 is 0 Å². The molecule has 0 atom stereocenters. The molecule has 1 N–H and O–H groups in total. The molecule has 0 radical (unpaired) electrons. The van der Waals surface area contributed by atoms with Gasteiger partial charge in [0.05, 0.1) is 0 Å². The Bertz CT molecular complexity index is 581. The van der Waals surface area contributed by atoms with Crippen molar-refractivity contribution < 1.29 is 9.18 Å². The summed E-state index contributed by atoms with van der Waals surface area (Å²) in [7, 11) is 0. The lowest BCUT2D eigenvalue weighted by Gasteiger charge is -2.05. The van der Waals surface area contributed by atoms with Crippen molar-refractivity contribution in [3.05, 3.63) is 57.9 Å². The summed E-state index contributed by atoms with van der Waals surface area (Å²) in [5, 5.41) is 2.62. The van der Waals surface area contributed by atoms with Gasteiger partial charge in [-0.15, -0.1) is 0 Å². The van der Waals surface area contributed by atoms with Crippen molar-refractivity contribution in [3.8, 4) is 0 Å². The zero-order chi connectivity index (χ0) is 13.1. The smallest absolute Gasteiger partial charge is 0.256 e. The number of hydrogen-bond acceptors (Lipinski definition) is 2. The third kappa shape index (κ3) is 3.13. The summed E-state index contributed by atoms with van der Waals surface area (Å²) >= 11 is 3.14. The van der Waals surface area contributed by atoms with Gasteiger partial charge in [-0.1, -0.05) is 15.9 Å².